The van der Waals surface area contributed by atoms with Crippen LogP contribution in [0.1, 0.15) is 18.7 Å². The molecular formula is C16H20ClN3O. The summed E-state index contributed by atoms with van der Waals surface area (Å²) in [5.41, 5.74) is 0.961. The van der Waals surface area contributed by atoms with E-state index in [4.69, 9.17) is 16.0 Å². The molecule has 0 saturated carbocycles. The highest BCUT2D eigenvalue weighted by atomic mass is 35.5. The number of likely N-dealkylation sites (N-methyl/N-ethyl adjacent to an activating group) is 1. The Morgan fingerprint density at radius 1 is 1.48 bits per heavy atom. The van der Waals surface area contributed by atoms with Crippen molar-refractivity contribution in [3.8, 4) is 11.3 Å². The largest absolute Gasteiger partial charge is 0.439 e. The Morgan fingerprint density at radius 3 is 3.14 bits per heavy atom. The van der Waals surface area contributed by atoms with Crippen LogP contribution in [0.4, 0.5) is 0 Å². The van der Waals surface area contributed by atoms with Gasteiger partial charge in [-0.05, 0) is 38.6 Å². The molecule has 0 bridgehead atoms. The number of nitrogens with one attached hydrogen (secondary N) is 1. The minimum absolute atomic E-state index is 0.556. The summed E-state index contributed by atoms with van der Waals surface area (Å²) < 4.78 is 5.85. The summed E-state index contributed by atoms with van der Waals surface area (Å²) in [6.45, 7) is 2.90. The zero-order valence-electron chi connectivity index (χ0n) is 12.2. The van der Waals surface area contributed by atoms with E-state index in [1.54, 1.807) is 6.20 Å². The predicted molar refractivity (Wildman–Crippen MR) is 84.3 cm³/mol. The monoisotopic (exact) mass is 305 g/mol. The molecule has 1 aliphatic heterocycles. The molecule has 2 aromatic rings. The van der Waals surface area contributed by atoms with Crippen molar-refractivity contribution in [2.24, 2.45) is 0 Å². The first-order valence-electron chi connectivity index (χ1n) is 7.34. The zero-order valence-corrected chi connectivity index (χ0v) is 12.9. The van der Waals surface area contributed by atoms with Gasteiger partial charge in [-0.15, -0.1) is 0 Å². The van der Waals surface area contributed by atoms with E-state index in [2.05, 4.69) is 22.2 Å². The van der Waals surface area contributed by atoms with Gasteiger partial charge in [0.15, 0.2) is 5.76 Å². The quantitative estimate of drug-likeness (QED) is 0.942. The van der Waals surface area contributed by atoms with Crippen molar-refractivity contribution >= 4 is 11.6 Å². The molecule has 1 unspecified atom stereocenters. The Labute approximate surface area is 130 Å². The maximum Gasteiger partial charge on any atom is 0.209 e. The number of halogens is 1. The molecule has 0 spiro atoms. The van der Waals surface area contributed by atoms with Crippen LogP contribution in [0, 0.1) is 0 Å². The minimum atomic E-state index is 0.556. The molecule has 0 radical (unpaired) electrons. The minimum Gasteiger partial charge on any atom is -0.439 e. The van der Waals surface area contributed by atoms with E-state index in [0.717, 1.165) is 36.8 Å². The summed E-state index contributed by atoms with van der Waals surface area (Å²) in [5, 5.41) is 4.14. The van der Waals surface area contributed by atoms with Crippen molar-refractivity contribution in [1.82, 2.24) is 15.2 Å². The third kappa shape index (κ3) is 3.64. The lowest BCUT2D eigenvalue weighted by molar-refractivity contribution is 0.181. The standard InChI is InChI=1S/C16H20ClN3O/c1-20(14-6-3-7-18-9-14)11-16-19-10-15(21-16)12-4-2-5-13(17)8-12/h2,4-5,8,10,14,18H,3,6-7,9,11H2,1H3. The molecule has 112 valence electrons. The van der Waals surface area contributed by atoms with Crippen molar-refractivity contribution in [1.29, 1.82) is 0 Å². The van der Waals surface area contributed by atoms with Crippen LogP contribution in [0.2, 0.25) is 5.02 Å². The SMILES string of the molecule is CN(Cc1ncc(-c2cccc(Cl)c2)o1)C1CCCNC1. The highest BCUT2D eigenvalue weighted by molar-refractivity contribution is 6.30. The lowest BCUT2D eigenvalue weighted by atomic mass is 10.1. The molecular weight excluding hydrogens is 286 g/mol. The second kappa shape index (κ2) is 6.60. The van der Waals surface area contributed by atoms with Gasteiger partial charge >= 0.3 is 0 Å². The summed E-state index contributed by atoms with van der Waals surface area (Å²) in [5.74, 6) is 1.51. The zero-order chi connectivity index (χ0) is 14.7. The highest BCUT2D eigenvalue weighted by Gasteiger charge is 2.19. The maximum absolute atomic E-state index is 6.01. The Kier molecular flexibility index (Phi) is 4.58. The number of oxazole rings is 1. The number of hydrogen-bond donors (Lipinski definition) is 1. The van der Waals surface area contributed by atoms with E-state index in [0.29, 0.717) is 11.1 Å². The summed E-state index contributed by atoms with van der Waals surface area (Å²) in [7, 11) is 2.13. The molecule has 0 amide bonds. The summed E-state index contributed by atoms with van der Waals surface area (Å²) in [4.78, 5) is 6.69. The van der Waals surface area contributed by atoms with E-state index >= 15 is 0 Å². The second-order valence-corrected chi connectivity index (χ2v) is 5.98. The molecule has 21 heavy (non-hydrogen) atoms. The van der Waals surface area contributed by atoms with E-state index in [-0.39, 0.29) is 0 Å². The molecule has 1 fully saturated rings. The summed E-state index contributed by atoms with van der Waals surface area (Å²) >= 11 is 6.01. The van der Waals surface area contributed by atoms with Crippen molar-refractivity contribution in [2.45, 2.75) is 25.4 Å². The third-order valence-electron chi connectivity index (χ3n) is 3.94. The van der Waals surface area contributed by atoms with E-state index in [1.807, 2.05) is 24.3 Å². The van der Waals surface area contributed by atoms with Crippen LogP contribution in [0.5, 0.6) is 0 Å². The molecule has 1 N–H and O–H groups in total. The lowest BCUT2D eigenvalue weighted by Crippen LogP contribution is -2.43. The topological polar surface area (TPSA) is 41.3 Å². The number of nitrogens with zero attached hydrogens (tertiary/aromatic N) is 2. The van der Waals surface area contributed by atoms with Crippen LogP contribution >= 0.6 is 11.6 Å². The van der Waals surface area contributed by atoms with Gasteiger partial charge in [-0.3, -0.25) is 4.90 Å². The average molecular weight is 306 g/mol. The van der Waals surface area contributed by atoms with Gasteiger partial charge in [0, 0.05) is 23.2 Å². The van der Waals surface area contributed by atoms with Gasteiger partial charge in [0.05, 0.1) is 12.7 Å². The van der Waals surface area contributed by atoms with Gasteiger partial charge < -0.3 is 9.73 Å². The average Bonchev–Trinajstić information content (AvgIpc) is 2.97. The van der Waals surface area contributed by atoms with Gasteiger partial charge in [0.25, 0.3) is 0 Å². The van der Waals surface area contributed by atoms with Gasteiger partial charge in [-0.25, -0.2) is 4.98 Å². The van der Waals surface area contributed by atoms with Gasteiger partial charge in [-0.1, -0.05) is 23.7 Å². The fraction of sp³-hybridized carbons (Fsp3) is 0.438. The fourth-order valence-electron chi connectivity index (χ4n) is 2.71. The van der Waals surface area contributed by atoms with Crippen LogP contribution in [0.3, 0.4) is 0 Å². The summed E-state index contributed by atoms with van der Waals surface area (Å²) in [6, 6.07) is 8.19. The van der Waals surface area contributed by atoms with E-state index in [9.17, 15) is 0 Å². The normalized spacial score (nSPS) is 19.1. The van der Waals surface area contributed by atoms with Crippen LogP contribution in [-0.2, 0) is 6.54 Å². The smallest absolute Gasteiger partial charge is 0.209 e. The Balaban J connectivity index is 1.67. The van der Waals surface area contributed by atoms with Gasteiger partial charge in [0.1, 0.15) is 0 Å². The second-order valence-electron chi connectivity index (χ2n) is 5.54. The number of benzene rings is 1. The number of piperidine rings is 1. The number of hydrogen-bond acceptors (Lipinski definition) is 4. The molecule has 1 aromatic carbocycles. The van der Waals surface area contributed by atoms with Crippen molar-refractivity contribution < 1.29 is 4.42 Å². The molecule has 3 rings (SSSR count). The Bertz CT molecular complexity index is 593. The first-order valence-corrected chi connectivity index (χ1v) is 7.72. The Morgan fingerprint density at radius 2 is 2.38 bits per heavy atom. The predicted octanol–water partition coefficient (Wildman–Crippen LogP) is 3.18. The molecule has 1 atom stereocenters. The highest BCUT2D eigenvalue weighted by Crippen LogP contribution is 2.24. The van der Waals surface area contributed by atoms with Crippen LogP contribution in [-0.4, -0.2) is 36.1 Å². The first kappa shape index (κ1) is 14.6. The van der Waals surface area contributed by atoms with E-state index < -0.39 is 0 Å². The van der Waals surface area contributed by atoms with Crippen molar-refractivity contribution in [3.63, 3.8) is 0 Å². The fourth-order valence-corrected chi connectivity index (χ4v) is 2.90. The van der Waals surface area contributed by atoms with Crippen molar-refractivity contribution in [3.05, 3.63) is 41.4 Å². The van der Waals surface area contributed by atoms with Crippen LogP contribution in [0.15, 0.2) is 34.9 Å². The van der Waals surface area contributed by atoms with Gasteiger partial charge in [-0.2, -0.15) is 0 Å². The Hall–Kier alpha value is -1.36. The summed E-state index contributed by atoms with van der Waals surface area (Å²) in [6.07, 6.45) is 4.23. The number of rotatable bonds is 4. The van der Waals surface area contributed by atoms with Crippen LogP contribution in [0.25, 0.3) is 11.3 Å². The molecule has 4 nitrogen and oxygen atoms in total. The lowest BCUT2D eigenvalue weighted by Gasteiger charge is -2.30. The third-order valence-corrected chi connectivity index (χ3v) is 4.18. The van der Waals surface area contributed by atoms with Crippen LogP contribution < -0.4 is 5.32 Å². The number of aromatic nitrogens is 1. The molecule has 1 aliphatic rings. The molecule has 2 heterocycles. The molecule has 1 aromatic heterocycles. The first-order chi connectivity index (χ1) is 10.2. The molecule has 0 aliphatic carbocycles. The molecule has 1 saturated heterocycles. The maximum atomic E-state index is 6.01. The molecule has 5 heteroatoms. The van der Waals surface area contributed by atoms with Gasteiger partial charge in [0.2, 0.25) is 5.89 Å². The van der Waals surface area contributed by atoms with Crippen molar-refractivity contribution in [2.75, 3.05) is 20.1 Å². The van der Waals surface area contributed by atoms with E-state index in [1.165, 1.54) is 12.8 Å².